The fourth-order valence-electron chi connectivity index (χ4n) is 3.86. The van der Waals surface area contributed by atoms with E-state index in [2.05, 4.69) is 20.5 Å². The van der Waals surface area contributed by atoms with Crippen LogP contribution < -0.4 is 10.6 Å². The van der Waals surface area contributed by atoms with Crippen LogP contribution >= 0.6 is 12.2 Å². The van der Waals surface area contributed by atoms with Crippen LogP contribution in [0.5, 0.6) is 0 Å². The van der Waals surface area contributed by atoms with Crippen molar-refractivity contribution in [2.45, 2.75) is 18.0 Å². The highest BCUT2D eigenvalue weighted by molar-refractivity contribution is 7.89. The van der Waals surface area contributed by atoms with E-state index in [1.54, 1.807) is 60.9 Å². The Bertz CT molecular complexity index is 1290. The van der Waals surface area contributed by atoms with Crippen molar-refractivity contribution in [1.29, 1.82) is 0 Å². The second-order valence-electron chi connectivity index (χ2n) is 8.38. The molecule has 0 atom stereocenters. The second-order valence-corrected chi connectivity index (χ2v) is 10.7. The molecule has 0 saturated carbocycles. The Morgan fingerprint density at radius 2 is 1.67 bits per heavy atom. The van der Waals surface area contributed by atoms with Crippen LogP contribution in [0, 0.1) is 0 Å². The van der Waals surface area contributed by atoms with Crippen LogP contribution in [0.4, 0.5) is 5.69 Å². The molecule has 2 heterocycles. The third-order valence-electron chi connectivity index (χ3n) is 5.86. The number of nitrogens with one attached hydrogen (secondary N) is 2. The molecule has 188 valence electrons. The fraction of sp³-hybridized carbons (Fsp3) is 0.240. The number of thiocarbonyl (C=S) groups is 1. The summed E-state index contributed by atoms with van der Waals surface area (Å²) in [5.74, 6) is -0.954. The van der Waals surface area contributed by atoms with Gasteiger partial charge in [-0.15, -0.1) is 0 Å². The Labute approximate surface area is 215 Å². The minimum Gasteiger partial charge on any atom is -0.478 e. The first kappa shape index (κ1) is 25.7. The molecule has 1 aliphatic rings. The first-order valence-corrected chi connectivity index (χ1v) is 13.2. The Balaban J connectivity index is 1.28. The van der Waals surface area contributed by atoms with Gasteiger partial charge in [-0.1, -0.05) is 18.2 Å². The van der Waals surface area contributed by atoms with Crippen molar-refractivity contribution in [3.63, 3.8) is 0 Å². The molecule has 3 aromatic rings. The molecule has 1 aromatic heterocycles. The molecular formula is C25H27N5O4S2. The van der Waals surface area contributed by atoms with E-state index < -0.39 is 16.0 Å². The van der Waals surface area contributed by atoms with E-state index in [9.17, 15) is 13.2 Å². The number of sulfonamides is 1. The molecule has 0 unspecified atom stereocenters. The zero-order valence-corrected chi connectivity index (χ0v) is 21.1. The van der Waals surface area contributed by atoms with Crippen molar-refractivity contribution in [3.05, 3.63) is 89.7 Å². The van der Waals surface area contributed by atoms with E-state index in [4.69, 9.17) is 17.3 Å². The highest BCUT2D eigenvalue weighted by Crippen LogP contribution is 2.21. The lowest BCUT2D eigenvalue weighted by Crippen LogP contribution is -2.48. The maximum absolute atomic E-state index is 13.1. The normalized spacial score (nSPS) is 14.8. The molecule has 36 heavy (non-hydrogen) atoms. The van der Waals surface area contributed by atoms with Crippen LogP contribution in [0.25, 0.3) is 0 Å². The Hall–Kier alpha value is -3.38. The number of piperazine rings is 1. The van der Waals surface area contributed by atoms with Gasteiger partial charge in [-0.3, -0.25) is 9.88 Å². The van der Waals surface area contributed by atoms with E-state index >= 15 is 0 Å². The van der Waals surface area contributed by atoms with Crippen molar-refractivity contribution >= 4 is 39.0 Å². The van der Waals surface area contributed by atoms with Crippen LogP contribution in [0.1, 0.15) is 21.5 Å². The van der Waals surface area contributed by atoms with Crippen molar-refractivity contribution in [1.82, 2.24) is 19.5 Å². The third kappa shape index (κ3) is 6.64. The summed E-state index contributed by atoms with van der Waals surface area (Å²) in [6.07, 6.45) is 3.47. The molecule has 0 radical (unpaired) electrons. The van der Waals surface area contributed by atoms with Gasteiger partial charge in [-0.2, -0.15) is 4.31 Å². The average Bonchev–Trinajstić information content (AvgIpc) is 2.89. The summed E-state index contributed by atoms with van der Waals surface area (Å²) < 4.78 is 27.8. The van der Waals surface area contributed by atoms with Gasteiger partial charge >= 0.3 is 5.97 Å². The molecule has 0 aliphatic carbocycles. The fourth-order valence-corrected chi connectivity index (χ4v) is 5.47. The summed E-state index contributed by atoms with van der Waals surface area (Å²) in [7, 11) is -3.61. The molecule has 1 fully saturated rings. The summed E-state index contributed by atoms with van der Waals surface area (Å²) >= 11 is 5.32. The van der Waals surface area contributed by atoms with E-state index in [1.807, 2.05) is 12.1 Å². The number of carboxylic acid groups (broad SMARTS) is 1. The number of hydrogen-bond donors (Lipinski definition) is 3. The summed E-state index contributed by atoms with van der Waals surface area (Å²) in [6.45, 7) is 3.14. The number of aromatic carboxylic acids is 1. The molecule has 0 spiro atoms. The lowest BCUT2D eigenvalue weighted by atomic mass is 10.1. The van der Waals surface area contributed by atoms with E-state index in [-0.39, 0.29) is 10.5 Å². The zero-order valence-electron chi connectivity index (χ0n) is 19.5. The van der Waals surface area contributed by atoms with Gasteiger partial charge in [-0.05, 0) is 65.8 Å². The number of aromatic nitrogens is 1. The van der Waals surface area contributed by atoms with Gasteiger partial charge in [0.15, 0.2) is 5.11 Å². The topological polar surface area (TPSA) is 115 Å². The van der Waals surface area contributed by atoms with Crippen LogP contribution in [0.3, 0.4) is 0 Å². The number of hydrogen-bond acceptors (Lipinski definition) is 6. The Morgan fingerprint density at radius 3 is 2.28 bits per heavy atom. The molecule has 1 saturated heterocycles. The number of carboxylic acids is 1. The predicted molar refractivity (Wildman–Crippen MR) is 141 cm³/mol. The largest absolute Gasteiger partial charge is 0.478 e. The smallest absolute Gasteiger partial charge is 0.335 e. The molecule has 0 amide bonds. The van der Waals surface area contributed by atoms with E-state index in [0.29, 0.717) is 50.1 Å². The molecule has 3 N–H and O–H groups in total. The summed E-state index contributed by atoms with van der Waals surface area (Å²) in [4.78, 5) is 17.5. The van der Waals surface area contributed by atoms with Crippen molar-refractivity contribution in [2.24, 2.45) is 0 Å². The highest BCUT2D eigenvalue weighted by Gasteiger charge is 2.28. The first-order valence-electron chi connectivity index (χ1n) is 11.4. The summed E-state index contributed by atoms with van der Waals surface area (Å²) in [5, 5.41) is 15.6. The standard InChI is InChI=1S/C25H27N5O4S2/c31-24(32)21-5-3-19(4-6-21)18-29-12-14-30(15-13-29)36(33,34)23-9-7-22(8-10-23)28-25(35)27-17-20-2-1-11-26-16-20/h1-11,16H,12-15,17-18H2,(H,31,32)(H2,27,28,35). The van der Waals surface area contributed by atoms with Crippen LogP contribution in [0.2, 0.25) is 0 Å². The number of pyridine rings is 1. The zero-order chi connectivity index (χ0) is 25.5. The molecule has 11 heteroatoms. The van der Waals surface area contributed by atoms with Gasteiger partial charge in [0.2, 0.25) is 10.0 Å². The summed E-state index contributed by atoms with van der Waals surface area (Å²) in [6, 6.07) is 17.1. The van der Waals surface area contributed by atoms with E-state index in [0.717, 1.165) is 11.1 Å². The molecule has 1 aliphatic heterocycles. The molecular weight excluding hydrogens is 498 g/mol. The second kappa shape index (κ2) is 11.6. The highest BCUT2D eigenvalue weighted by atomic mass is 32.2. The third-order valence-corrected chi connectivity index (χ3v) is 8.02. The monoisotopic (exact) mass is 525 g/mol. The number of anilines is 1. The van der Waals surface area contributed by atoms with Gasteiger partial charge in [-0.25, -0.2) is 13.2 Å². The minimum atomic E-state index is -3.61. The Morgan fingerprint density at radius 1 is 0.972 bits per heavy atom. The average molecular weight is 526 g/mol. The van der Waals surface area contributed by atoms with Gasteiger partial charge in [0.1, 0.15) is 0 Å². The van der Waals surface area contributed by atoms with Crippen molar-refractivity contribution in [3.8, 4) is 0 Å². The SMILES string of the molecule is O=C(O)c1ccc(CN2CCN(S(=O)(=O)c3ccc(NC(=S)NCc4cccnc4)cc3)CC2)cc1. The van der Waals surface area contributed by atoms with Crippen LogP contribution in [-0.2, 0) is 23.1 Å². The lowest BCUT2D eigenvalue weighted by molar-refractivity contribution is 0.0697. The van der Waals surface area contributed by atoms with Crippen LogP contribution in [-0.4, -0.2) is 65.0 Å². The van der Waals surface area contributed by atoms with Gasteiger partial charge in [0.05, 0.1) is 10.5 Å². The first-order chi connectivity index (χ1) is 17.3. The maximum atomic E-state index is 13.1. The number of carbonyl (C=O) groups is 1. The number of nitrogens with zero attached hydrogens (tertiary/aromatic N) is 3. The predicted octanol–water partition coefficient (Wildman–Crippen LogP) is 2.77. The van der Waals surface area contributed by atoms with Crippen molar-refractivity contribution in [2.75, 3.05) is 31.5 Å². The quantitative estimate of drug-likeness (QED) is 0.382. The van der Waals surface area contributed by atoms with Crippen molar-refractivity contribution < 1.29 is 18.3 Å². The molecule has 9 nitrogen and oxygen atoms in total. The van der Waals surface area contributed by atoms with Gasteiger partial charge in [0.25, 0.3) is 0 Å². The minimum absolute atomic E-state index is 0.236. The molecule has 0 bridgehead atoms. The van der Waals surface area contributed by atoms with Gasteiger partial charge in [0, 0.05) is 57.3 Å². The molecule has 4 rings (SSSR count). The van der Waals surface area contributed by atoms with Crippen LogP contribution in [0.15, 0.2) is 78.0 Å². The Kier molecular flexibility index (Phi) is 8.26. The molecule has 2 aromatic carbocycles. The maximum Gasteiger partial charge on any atom is 0.335 e. The summed E-state index contributed by atoms with van der Waals surface area (Å²) in [5.41, 5.74) is 2.93. The lowest BCUT2D eigenvalue weighted by Gasteiger charge is -2.34. The number of benzene rings is 2. The van der Waals surface area contributed by atoms with Gasteiger partial charge < -0.3 is 15.7 Å². The number of rotatable bonds is 8. The van der Waals surface area contributed by atoms with E-state index in [1.165, 1.54) is 4.31 Å².